The normalized spacial score (nSPS) is 10.9. The highest BCUT2D eigenvalue weighted by molar-refractivity contribution is 8.04. The molecule has 0 N–H and O–H groups in total. The summed E-state index contributed by atoms with van der Waals surface area (Å²) in [5, 5.41) is 2.75. The lowest BCUT2D eigenvalue weighted by atomic mass is 10.5. The summed E-state index contributed by atoms with van der Waals surface area (Å²) in [6.45, 7) is 6.75. The molecule has 0 saturated carbocycles. The minimum absolute atomic E-state index is 0.423. The van der Waals surface area contributed by atoms with Gasteiger partial charge in [0.1, 0.15) is 0 Å². The molecule has 0 aromatic carbocycles. The third kappa shape index (κ3) is 7.93. The molecule has 0 heterocycles. The van der Waals surface area contributed by atoms with Crippen molar-refractivity contribution in [1.82, 2.24) is 0 Å². The molecule has 0 unspecified atom stereocenters. The van der Waals surface area contributed by atoms with E-state index in [0.717, 1.165) is 18.6 Å². The van der Waals surface area contributed by atoms with Gasteiger partial charge in [-0.2, -0.15) is 0 Å². The maximum atomic E-state index is 12.0. The minimum atomic E-state index is -3.16. The summed E-state index contributed by atoms with van der Waals surface area (Å²) in [5.74, 6) is 0.870. The largest absolute Gasteiger partial charge is 0.406 e. The first-order valence-electron chi connectivity index (χ1n) is 5.21. The molecule has 0 saturated heterocycles. The van der Waals surface area contributed by atoms with Crippen LogP contribution in [0.3, 0.4) is 0 Å². The van der Waals surface area contributed by atoms with E-state index in [-0.39, 0.29) is 0 Å². The summed E-state index contributed by atoms with van der Waals surface area (Å²) < 4.78 is 22.3. The van der Waals surface area contributed by atoms with Crippen LogP contribution in [0.15, 0.2) is 0 Å². The first kappa shape index (κ1) is 15.1. The van der Waals surface area contributed by atoms with Crippen molar-refractivity contribution >= 4 is 19.4 Å². The topological polar surface area (TPSA) is 35.5 Å². The van der Waals surface area contributed by atoms with Gasteiger partial charge in [-0.05, 0) is 18.1 Å². The smallest absolute Gasteiger partial charge is 0.299 e. The lowest BCUT2D eigenvalue weighted by molar-refractivity contribution is 0.214. The highest BCUT2D eigenvalue weighted by Gasteiger charge is 2.20. The number of rotatable bonds is 7. The van der Waals surface area contributed by atoms with Gasteiger partial charge in [0.05, 0.1) is 13.2 Å². The van der Waals surface area contributed by atoms with E-state index in [0.29, 0.717) is 13.2 Å². The summed E-state index contributed by atoms with van der Waals surface area (Å²) >= 11 is 1.41. The lowest BCUT2D eigenvalue weighted by Crippen LogP contribution is -1.96. The number of hydrogen-bond donors (Lipinski definition) is 0. The molecule has 0 aromatic rings. The van der Waals surface area contributed by atoms with Crippen molar-refractivity contribution in [2.45, 2.75) is 33.6 Å². The molecule has 3 nitrogen and oxygen atoms in total. The minimum Gasteiger partial charge on any atom is -0.299 e. The Morgan fingerprint density at radius 2 is 1.67 bits per heavy atom. The monoisotopic (exact) mass is 250 g/mol. The van der Waals surface area contributed by atoms with Gasteiger partial charge in [-0.15, -0.1) is 0 Å². The summed E-state index contributed by atoms with van der Waals surface area (Å²) in [6, 6.07) is 0. The van der Waals surface area contributed by atoms with Gasteiger partial charge in [-0.25, -0.2) is 4.57 Å². The molecule has 15 heavy (non-hydrogen) atoms. The second-order valence-electron chi connectivity index (χ2n) is 2.81. The van der Waals surface area contributed by atoms with Crippen molar-refractivity contribution in [3.05, 3.63) is 0 Å². The van der Waals surface area contributed by atoms with E-state index in [4.69, 9.17) is 9.05 Å². The molecule has 0 bridgehead atoms. The summed E-state index contributed by atoms with van der Waals surface area (Å²) in [6.07, 6.45) is 1.62. The van der Waals surface area contributed by atoms with Crippen LogP contribution in [0.4, 0.5) is 0 Å². The van der Waals surface area contributed by atoms with Gasteiger partial charge in [0.25, 0.3) is 0 Å². The molecule has 0 fully saturated rings. The highest BCUT2D eigenvalue weighted by Crippen LogP contribution is 2.47. The predicted molar refractivity (Wildman–Crippen MR) is 66.0 cm³/mol. The third-order valence-corrected chi connectivity index (χ3v) is 3.45. The second-order valence-corrected chi connectivity index (χ2v) is 5.62. The van der Waals surface area contributed by atoms with Gasteiger partial charge in [0.2, 0.25) is 0 Å². The van der Waals surface area contributed by atoms with E-state index in [1.165, 1.54) is 11.8 Å². The second kappa shape index (κ2) is 9.30. The zero-order valence-corrected chi connectivity index (χ0v) is 11.3. The van der Waals surface area contributed by atoms with E-state index in [9.17, 15) is 4.57 Å². The van der Waals surface area contributed by atoms with E-state index in [1.54, 1.807) is 0 Å². The van der Waals surface area contributed by atoms with Crippen molar-refractivity contribution in [1.29, 1.82) is 0 Å². The summed E-state index contributed by atoms with van der Waals surface area (Å²) in [7, 11) is -3.16. The quantitative estimate of drug-likeness (QED) is 0.510. The molecular formula is C10H19O3PS. The van der Waals surface area contributed by atoms with Crippen LogP contribution in [0, 0.1) is 10.9 Å². The Balaban J connectivity index is 4.28. The number of thioether (sulfide) groups is 1. The molecule has 0 radical (unpaired) electrons. The molecule has 5 heteroatoms. The summed E-state index contributed by atoms with van der Waals surface area (Å²) in [5.41, 5.74) is 2.59. The Morgan fingerprint density at radius 3 is 2.07 bits per heavy atom. The van der Waals surface area contributed by atoms with E-state index in [2.05, 4.69) is 10.9 Å². The van der Waals surface area contributed by atoms with Crippen molar-refractivity contribution in [3.63, 3.8) is 0 Å². The number of hydrogen-bond acceptors (Lipinski definition) is 4. The summed E-state index contributed by atoms with van der Waals surface area (Å²) in [4.78, 5) is 0. The average molecular weight is 250 g/mol. The fourth-order valence-corrected chi connectivity index (χ4v) is 2.58. The fraction of sp³-hybridized carbons (Fsp3) is 0.800. The van der Waals surface area contributed by atoms with Gasteiger partial charge in [-0.3, -0.25) is 9.05 Å². The van der Waals surface area contributed by atoms with Crippen molar-refractivity contribution in [2.75, 3.05) is 19.0 Å². The highest BCUT2D eigenvalue weighted by atomic mass is 32.2. The van der Waals surface area contributed by atoms with Crippen molar-refractivity contribution in [3.8, 4) is 10.9 Å². The van der Waals surface area contributed by atoms with Gasteiger partial charge in [-0.1, -0.05) is 32.5 Å². The zero-order valence-electron chi connectivity index (χ0n) is 9.62. The van der Waals surface area contributed by atoms with Crippen LogP contribution in [0.5, 0.6) is 0 Å². The van der Waals surface area contributed by atoms with E-state index >= 15 is 0 Å². The molecule has 88 valence electrons. The third-order valence-electron chi connectivity index (χ3n) is 1.33. The lowest BCUT2D eigenvalue weighted by Gasteiger charge is -2.11. The molecule has 0 aliphatic carbocycles. The fourth-order valence-electron chi connectivity index (χ4n) is 0.685. The maximum Gasteiger partial charge on any atom is 0.406 e. The first-order chi connectivity index (χ1) is 7.18. The van der Waals surface area contributed by atoms with Crippen LogP contribution in [0.2, 0.25) is 0 Å². The van der Waals surface area contributed by atoms with Crippen molar-refractivity contribution < 1.29 is 13.6 Å². The Hall–Kier alpha value is 0.0600. The van der Waals surface area contributed by atoms with Crippen LogP contribution in [0.1, 0.15) is 33.6 Å². The molecule has 0 aromatic heterocycles. The SMILES string of the molecule is CCCOP(=O)(C#CSCC)OCCC. The predicted octanol–water partition coefficient (Wildman–Crippen LogP) is 3.70. The van der Waals surface area contributed by atoms with Crippen LogP contribution in [-0.4, -0.2) is 19.0 Å². The Kier molecular flexibility index (Phi) is 9.33. The Labute approximate surface area is 96.8 Å². The van der Waals surface area contributed by atoms with Gasteiger partial charge < -0.3 is 0 Å². The van der Waals surface area contributed by atoms with Crippen LogP contribution in [0.25, 0.3) is 0 Å². The van der Waals surface area contributed by atoms with Gasteiger partial charge >= 0.3 is 7.60 Å². The standard InChI is InChI=1S/C10H19O3PS/c1-4-7-12-14(11,13-8-5-2)9-10-15-6-3/h4-8H2,1-3H3. The van der Waals surface area contributed by atoms with Crippen LogP contribution >= 0.6 is 19.4 Å². The molecule has 0 rings (SSSR count). The maximum absolute atomic E-state index is 12.0. The van der Waals surface area contributed by atoms with E-state index in [1.807, 2.05) is 20.8 Å². The zero-order chi connectivity index (χ0) is 11.6. The molecule has 0 spiro atoms. The van der Waals surface area contributed by atoms with Crippen LogP contribution < -0.4 is 0 Å². The van der Waals surface area contributed by atoms with Crippen LogP contribution in [-0.2, 0) is 13.6 Å². The van der Waals surface area contributed by atoms with E-state index < -0.39 is 7.60 Å². The van der Waals surface area contributed by atoms with Gasteiger partial charge in [0, 0.05) is 11.4 Å². The first-order valence-corrected chi connectivity index (χ1v) is 7.74. The van der Waals surface area contributed by atoms with Crippen molar-refractivity contribution in [2.24, 2.45) is 0 Å². The Bertz CT molecular complexity index is 245. The molecule has 0 atom stereocenters. The Morgan fingerprint density at radius 1 is 1.13 bits per heavy atom. The molecule has 0 aliphatic rings. The molecule has 0 aliphatic heterocycles. The van der Waals surface area contributed by atoms with Gasteiger partial charge in [0.15, 0.2) is 0 Å². The molecule has 0 amide bonds. The molecular weight excluding hydrogens is 231 g/mol. The average Bonchev–Trinajstić information content (AvgIpc) is 2.24.